The second-order valence-corrected chi connectivity index (χ2v) is 10.9. The molecule has 0 N–H and O–H groups in total. The van der Waals surface area contributed by atoms with Crippen molar-refractivity contribution in [3.63, 3.8) is 0 Å². The summed E-state index contributed by atoms with van der Waals surface area (Å²) < 4.78 is 12.1. The number of rotatable bonds is 3. The summed E-state index contributed by atoms with van der Waals surface area (Å²) in [5.74, 6) is 6.45. The molecule has 0 bridgehead atoms. The largest absolute Gasteiger partial charge is 0.458 e. The Morgan fingerprint density at radius 3 is 2.81 bits per heavy atom. The number of nitrogens with zero attached hydrogens (tertiary/aromatic N) is 1. The quantitative estimate of drug-likeness (QED) is 0.256. The van der Waals surface area contributed by atoms with Gasteiger partial charge in [0.2, 0.25) is 12.2 Å². The van der Waals surface area contributed by atoms with Gasteiger partial charge in [-0.1, -0.05) is 18.4 Å². The smallest absolute Gasteiger partial charge is 0.226 e. The molecule has 7 atom stereocenters. The second-order valence-electron chi connectivity index (χ2n) is 10.9. The molecule has 1 aliphatic heterocycles. The molecule has 0 aromatic carbocycles. The van der Waals surface area contributed by atoms with E-state index in [0.29, 0.717) is 35.4 Å². The summed E-state index contributed by atoms with van der Waals surface area (Å²) in [5.41, 5.74) is 0.729. The number of ketones is 1. The maximum atomic E-state index is 11.9. The molecule has 0 spiro atoms. The van der Waals surface area contributed by atoms with E-state index >= 15 is 0 Å². The van der Waals surface area contributed by atoms with Gasteiger partial charge < -0.3 is 14.3 Å². The minimum Gasteiger partial charge on any atom is -0.458 e. The molecule has 4 aliphatic carbocycles. The number of terminal acetylenes is 1. The van der Waals surface area contributed by atoms with E-state index < -0.39 is 5.60 Å². The molecule has 4 fully saturated rings. The Balaban J connectivity index is 1.32. The fourth-order valence-electron chi connectivity index (χ4n) is 7.81. The van der Waals surface area contributed by atoms with Crippen LogP contribution in [0.1, 0.15) is 84.5 Å². The highest BCUT2D eigenvalue weighted by atomic mass is 16.8. The molecular formula is C27H37NO4. The number of oxime groups is 1. The summed E-state index contributed by atoms with van der Waals surface area (Å²) in [6.45, 7) is 4.93. The molecule has 5 nitrogen and oxygen atoms in total. The van der Waals surface area contributed by atoms with Crippen LogP contribution in [0, 0.1) is 41.4 Å². The molecule has 0 radical (unpaired) electrons. The standard InChI is InChI=1S/C27H37NO4/c1-4-27(31-18(2)28-32-25-7-5-6-16-30-25)15-13-24-23-10-8-19-17-20(29)9-11-21(19)22(23)12-14-26(24,27)3/h1,17,21-25H,5-16H2,2-3H3/b28-18-/t21-,22?,23?,24?,25?,26-,27+/m0/s1. The van der Waals surface area contributed by atoms with Crippen LogP contribution in [0.3, 0.4) is 0 Å². The zero-order valence-corrected chi connectivity index (χ0v) is 19.6. The Labute approximate surface area is 192 Å². The van der Waals surface area contributed by atoms with E-state index in [0.717, 1.165) is 64.4 Å². The highest BCUT2D eigenvalue weighted by molar-refractivity contribution is 5.91. The summed E-state index contributed by atoms with van der Waals surface area (Å²) in [7, 11) is 0. The number of ether oxygens (including phenoxy) is 2. The Hall–Kier alpha value is -1.80. The monoisotopic (exact) mass is 439 g/mol. The molecule has 3 saturated carbocycles. The van der Waals surface area contributed by atoms with Gasteiger partial charge in [0.1, 0.15) is 0 Å². The van der Waals surface area contributed by atoms with Gasteiger partial charge in [-0.15, -0.1) is 6.42 Å². The lowest BCUT2D eigenvalue weighted by Crippen LogP contribution is -2.53. The summed E-state index contributed by atoms with van der Waals surface area (Å²) >= 11 is 0. The van der Waals surface area contributed by atoms with Gasteiger partial charge in [-0.25, -0.2) is 0 Å². The van der Waals surface area contributed by atoms with E-state index in [4.69, 9.17) is 20.7 Å². The van der Waals surface area contributed by atoms with Crippen LogP contribution in [0.5, 0.6) is 0 Å². The second kappa shape index (κ2) is 8.52. The summed E-state index contributed by atoms with van der Waals surface area (Å²) in [4.78, 5) is 17.6. The van der Waals surface area contributed by atoms with Crippen molar-refractivity contribution >= 4 is 11.7 Å². The van der Waals surface area contributed by atoms with Crippen molar-refractivity contribution < 1.29 is 19.1 Å². The summed E-state index contributed by atoms with van der Waals surface area (Å²) in [6.07, 6.45) is 19.1. The highest BCUT2D eigenvalue weighted by Gasteiger charge is 2.64. The maximum Gasteiger partial charge on any atom is 0.226 e. The third-order valence-corrected chi connectivity index (χ3v) is 9.41. The predicted octanol–water partition coefficient (Wildman–Crippen LogP) is 5.39. The minimum atomic E-state index is -0.633. The van der Waals surface area contributed by atoms with E-state index in [1.807, 2.05) is 13.0 Å². The van der Waals surface area contributed by atoms with E-state index in [1.165, 1.54) is 18.4 Å². The van der Waals surface area contributed by atoms with Crippen molar-refractivity contribution in [2.75, 3.05) is 6.61 Å². The summed E-state index contributed by atoms with van der Waals surface area (Å²) in [5, 5.41) is 4.25. The Kier molecular flexibility index (Phi) is 5.86. The van der Waals surface area contributed by atoms with E-state index in [-0.39, 0.29) is 11.7 Å². The first-order valence-corrected chi connectivity index (χ1v) is 12.7. The van der Waals surface area contributed by atoms with E-state index in [1.54, 1.807) is 0 Å². The Morgan fingerprint density at radius 2 is 2.03 bits per heavy atom. The van der Waals surface area contributed by atoms with Gasteiger partial charge in [-0.05, 0) is 92.7 Å². The lowest BCUT2D eigenvalue weighted by Gasteiger charge is -2.55. The van der Waals surface area contributed by atoms with Crippen LogP contribution in [-0.4, -0.2) is 30.2 Å². The molecule has 0 aromatic rings. The highest BCUT2D eigenvalue weighted by Crippen LogP contribution is 2.65. The van der Waals surface area contributed by atoms with Gasteiger partial charge in [0.15, 0.2) is 11.4 Å². The lowest BCUT2D eigenvalue weighted by atomic mass is 9.50. The molecule has 4 unspecified atom stereocenters. The van der Waals surface area contributed by atoms with Gasteiger partial charge in [-0.2, -0.15) is 0 Å². The zero-order chi connectivity index (χ0) is 22.3. The van der Waals surface area contributed by atoms with Crippen molar-refractivity contribution in [2.24, 2.45) is 34.2 Å². The zero-order valence-electron chi connectivity index (χ0n) is 19.6. The van der Waals surface area contributed by atoms with Crippen LogP contribution < -0.4 is 0 Å². The molecule has 1 saturated heterocycles. The molecule has 5 rings (SSSR count). The lowest BCUT2D eigenvalue weighted by molar-refractivity contribution is -0.165. The normalized spacial score (nSPS) is 43.9. The van der Waals surface area contributed by atoms with Gasteiger partial charge in [0.05, 0.1) is 6.61 Å². The predicted molar refractivity (Wildman–Crippen MR) is 123 cm³/mol. The molecule has 0 aromatic heterocycles. The Bertz CT molecular complexity index is 850. The van der Waals surface area contributed by atoms with Crippen molar-refractivity contribution in [1.82, 2.24) is 0 Å². The fraction of sp³-hybridized carbons (Fsp3) is 0.778. The first-order chi connectivity index (χ1) is 15.5. The van der Waals surface area contributed by atoms with Gasteiger partial charge in [-0.3, -0.25) is 4.79 Å². The van der Waals surface area contributed by atoms with Gasteiger partial charge in [0.25, 0.3) is 0 Å². The van der Waals surface area contributed by atoms with Crippen LogP contribution in [0.15, 0.2) is 16.8 Å². The maximum absolute atomic E-state index is 11.9. The van der Waals surface area contributed by atoms with Gasteiger partial charge in [0, 0.05) is 25.2 Å². The number of hydrogen-bond donors (Lipinski definition) is 0. The van der Waals surface area contributed by atoms with Crippen molar-refractivity contribution in [3.8, 4) is 12.3 Å². The number of hydrogen-bond acceptors (Lipinski definition) is 5. The molecule has 5 aliphatic rings. The van der Waals surface area contributed by atoms with Crippen LogP contribution in [0.4, 0.5) is 0 Å². The third kappa shape index (κ3) is 3.59. The third-order valence-electron chi connectivity index (χ3n) is 9.41. The molecular weight excluding hydrogens is 402 g/mol. The van der Waals surface area contributed by atoms with Crippen molar-refractivity contribution in [2.45, 2.75) is 96.4 Å². The molecule has 1 heterocycles. The van der Waals surface area contributed by atoms with E-state index in [9.17, 15) is 4.79 Å². The van der Waals surface area contributed by atoms with Crippen molar-refractivity contribution in [1.29, 1.82) is 0 Å². The van der Waals surface area contributed by atoms with Crippen LogP contribution in [0.25, 0.3) is 0 Å². The van der Waals surface area contributed by atoms with Crippen LogP contribution in [0.2, 0.25) is 0 Å². The molecule has 32 heavy (non-hydrogen) atoms. The average Bonchev–Trinajstić information content (AvgIpc) is 3.10. The number of fused-ring (bicyclic) bond motifs is 5. The Morgan fingerprint density at radius 1 is 1.16 bits per heavy atom. The van der Waals surface area contributed by atoms with E-state index in [2.05, 4.69) is 18.0 Å². The minimum absolute atomic E-state index is 0.0628. The number of carbonyl (C=O) groups excluding carboxylic acids is 1. The molecule has 5 heteroatoms. The topological polar surface area (TPSA) is 57.1 Å². The van der Waals surface area contributed by atoms with Gasteiger partial charge >= 0.3 is 0 Å². The first-order valence-electron chi connectivity index (χ1n) is 12.7. The summed E-state index contributed by atoms with van der Waals surface area (Å²) in [6, 6.07) is 0. The fourth-order valence-corrected chi connectivity index (χ4v) is 7.81. The number of allylic oxidation sites excluding steroid dienone is 1. The molecule has 174 valence electrons. The van der Waals surface area contributed by atoms with Crippen LogP contribution in [-0.2, 0) is 19.1 Å². The SMILES string of the molecule is C#C[C@@]1(O/C(C)=N\OC2CCCCO2)CCC2C3CCC4=CC(=O)CC[C@@H]4C3CC[C@@]21C. The van der Waals surface area contributed by atoms with Crippen molar-refractivity contribution in [3.05, 3.63) is 11.6 Å². The van der Waals surface area contributed by atoms with Crippen LogP contribution >= 0.6 is 0 Å². The molecule has 0 amide bonds. The average molecular weight is 440 g/mol. The first kappa shape index (κ1) is 22.0. The number of carbonyl (C=O) groups is 1.